The van der Waals surface area contributed by atoms with Crippen LogP contribution in [0.5, 0.6) is 0 Å². The predicted molar refractivity (Wildman–Crippen MR) is 51.9 cm³/mol. The predicted octanol–water partition coefficient (Wildman–Crippen LogP) is 2.53. The van der Waals surface area contributed by atoms with Crippen LogP contribution in [0.4, 0.5) is 10.2 Å². The fourth-order valence-corrected chi connectivity index (χ4v) is 1.71. The number of hydrogen-bond donors (Lipinski definition) is 1. The highest BCUT2D eigenvalue weighted by Crippen LogP contribution is 2.25. The van der Waals surface area contributed by atoms with E-state index in [4.69, 9.17) is 5.73 Å². The first-order valence-electron chi connectivity index (χ1n) is 3.74. The Labute approximate surface area is 79.0 Å². The Morgan fingerprint density at radius 2 is 1.92 bits per heavy atom. The van der Waals surface area contributed by atoms with E-state index in [1.54, 1.807) is 18.2 Å². The van der Waals surface area contributed by atoms with Crippen LogP contribution in [0.15, 0.2) is 30.3 Å². The summed E-state index contributed by atoms with van der Waals surface area (Å²) in [5.74, 6) is 0.269. The van der Waals surface area contributed by atoms with Gasteiger partial charge in [0, 0.05) is 6.07 Å². The summed E-state index contributed by atoms with van der Waals surface area (Å²) in [6.07, 6.45) is 0. The molecule has 0 radical (unpaired) electrons. The second-order valence-corrected chi connectivity index (χ2v) is 3.43. The average molecular weight is 194 g/mol. The van der Waals surface area contributed by atoms with Gasteiger partial charge in [0.1, 0.15) is 11.6 Å². The minimum atomic E-state index is -0.235. The van der Waals surface area contributed by atoms with Crippen molar-refractivity contribution in [1.82, 2.24) is 4.37 Å². The van der Waals surface area contributed by atoms with Gasteiger partial charge in [0.2, 0.25) is 0 Å². The molecule has 2 nitrogen and oxygen atoms in total. The SMILES string of the molecule is Nc1cc(-c2ccc(F)cc2)sn1. The van der Waals surface area contributed by atoms with Gasteiger partial charge in [-0.05, 0) is 29.2 Å². The molecule has 0 atom stereocenters. The van der Waals surface area contributed by atoms with Gasteiger partial charge in [0.15, 0.2) is 0 Å². The molecule has 1 heterocycles. The Balaban J connectivity index is 2.41. The molecule has 0 fully saturated rings. The topological polar surface area (TPSA) is 38.9 Å². The zero-order valence-electron chi connectivity index (χ0n) is 6.70. The Morgan fingerprint density at radius 3 is 2.46 bits per heavy atom. The number of hydrogen-bond acceptors (Lipinski definition) is 3. The third-order valence-corrected chi connectivity index (χ3v) is 2.51. The van der Waals surface area contributed by atoms with Gasteiger partial charge in [-0.2, -0.15) is 4.37 Å². The van der Waals surface area contributed by atoms with Crippen LogP contribution in [0.2, 0.25) is 0 Å². The number of rotatable bonds is 1. The summed E-state index contributed by atoms with van der Waals surface area (Å²) in [5.41, 5.74) is 6.41. The smallest absolute Gasteiger partial charge is 0.137 e. The van der Waals surface area contributed by atoms with Gasteiger partial charge in [-0.25, -0.2) is 4.39 Å². The van der Waals surface area contributed by atoms with Crippen LogP contribution >= 0.6 is 11.5 Å². The minimum Gasteiger partial charge on any atom is -0.383 e. The summed E-state index contributed by atoms with van der Waals surface area (Å²) in [7, 11) is 0. The van der Waals surface area contributed by atoms with Gasteiger partial charge in [0.05, 0.1) is 4.88 Å². The van der Waals surface area contributed by atoms with Crippen molar-refractivity contribution < 1.29 is 4.39 Å². The van der Waals surface area contributed by atoms with E-state index in [1.165, 1.54) is 23.7 Å². The maximum atomic E-state index is 12.6. The van der Waals surface area contributed by atoms with Crippen LogP contribution in [0.1, 0.15) is 0 Å². The third kappa shape index (κ3) is 1.67. The van der Waals surface area contributed by atoms with Gasteiger partial charge in [-0.15, -0.1) is 0 Å². The van der Waals surface area contributed by atoms with Crippen molar-refractivity contribution in [1.29, 1.82) is 0 Å². The first kappa shape index (κ1) is 8.19. The maximum absolute atomic E-state index is 12.6. The van der Waals surface area contributed by atoms with Crippen LogP contribution in [0, 0.1) is 5.82 Å². The lowest BCUT2D eigenvalue weighted by atomic mass is 10.2. The molecule has 0 saturated carbocycles. The first-order valence-corrected chi connectivity index (χ1v) is 4.51. The maximum Gasteiger partial charge on any atom is 0.137 e. The van der Waals surface area contributed by atoms with Crippen molar-refractivity contribution >= 4 is 17.4 Å². The van der Waals surface area contributed by atoms with E-state index in [0.29, 0.717) is 5.82 Å². The highest BCUT2D eigenvalue weighted by atomic mass is 32.1. The van der Waals surface area contributed by atoms with Crippen molar-refractivity contribution in [3.8, 4) is 10.4 Å². The second kappa shape index (κ2) is 3.14. The summed E-state index contributed by atoms with van der Waals surface area (Å²) in [6, 6.07) is 8.04. The number of nitrogens with two attached hydrogens (primary N) is 1. The molecule has 0 amide bonds. The largest absolute Gasteiger partial charge is 0.383 e. The summed E-state index contributed by atoms with van der Waals surface area (Å²) in [5, 5.41) is 0. The number of nitrogens with zero attached hydrogens (tertiary/aromatic N) is 1. The van der Waals surface area contributed by atoms with Crippen LogP contribution in [0.3, 0.4) is 0 Å². The monoisotopic (exact) mass is 194 g/mol. The molecule has 2 rings (SSSR count). The lowest BCUT2D eigenvalue weighted by Gasteiger charge is -1.94. The van der Waals surface area contributed by atoms with E-state index in [0.717, 1.165) is 10.4 Å². The summed E-state index contributed by atoms with van der Waals surface area (Å²) in [4.78, 5) is 0.956. The fourth-order valence-electron chi connectivity index (χ4n) is 1.04. The van der Waals surface area contributed by atoms with Crippen LogP contribution in [-0.4, -0.2) is 4.37 Å². The lowest BCUT2D eigenvalue weighted by Crippen LogP contribution is -1.79. The quantitative estimate of drug-likeness (QED) is 0.757. The third-order valence-electron chi connectivity index (χ3n) is 1.66. The minimum absolute atomic E-state index is 0.235. The molecule has 1 aromatic carbocycles. The lowest BCUT2D eigenvalue weighted by molar-refractivity contribution is 0.628. The Hall–Kier alpha value is -1.42. The van der Waals surface area contributed by atoms with Gasteiger partial charge >= 0.3 is 0 Å². The number of aromatic nitrogens is 1. The molecule has 0 aliphatic heterocycles. The van der Waals surface area contributed by atoms with Crippen molar-refractivity contribution in [2.75, 3.05) is 5.73 Å². The van der Waals surface area contributed by atoms with E-state index in [1.807, 2.05) is 0 Å². The Kier molecular flexibility index (Phi) is 1.98. The van der Waals surface area contributed by atoms with Gasteiger partial charge in [-0.3, -0.25) is 0 Å². The molecule has 0 spiro atoms. The molecule has 2 N–H and O–H groups in total. The highest BCUT2D eigenvalue weighted by Gasteiger charge is 2.01. The highest BCUT2D eigenvalue weighted by molar-refractivity contribution is 7.09. The summed E-state index contributed by atoms with van der Waals surface area (Å²) < 4.78 is 16.5. The van der Waals surface area contributed by atoms with Crippen molar-refractivity contribution in [2.24, 2.45) is 0 Å². The average Bonchev–Trinajstić information content (AvgIpc) is 2.53. The van der Waals surface area contributed by atoms with E-state index < -0.39 is 0 Å². The zero-order chi connectivity index (χ0) is 9.26. The Morgan fingerprint density at radius 1 is 1.23 bits per heavy atom. The number of anilines is 1. The van der Waals surface area contributed by atoms with E-state index in [-0.39, 0.29) is 5.82 Å². The molecule has 4 heteroatoms. The molecule has 1 aromatic heterocycles. The summed E-state index contributed by atoms with van der Waals surface area (Å²) in [6.45, 7) is 0. The van der Waals surface area contributed by atoms with Crippen LogP contribution in [-0.2, 0) is 0 Å². The molecule has 13 heavy (non-hydrogen) atoms. The molecule has 66 valence electrons. The molecule has 2 aromatic rings. The van der Waals surface area contributed by atoms with Gasteiger partial charge < -0.3 is 5.73 Å². The van der Waals surface area contributed by atoms with Crippen LogP contribution < -0.4 is 5.73 Å². The van der Waals surface area contributed by atoms with E-state index >= 15 is 0 Å². The standard InChI is InChI=1S/C9H7FN2S/c10-7-3-1-6(2-4-7)8-5-9(11)12-13-8/h1-5H,(H2,11,12). The number of benzene rings is 1. The number of nitrogen functional groups attached to an aromatic ring is 1. The van der Waals surface area contributed by atoms with Gasteiger partial charge in [-0.1, -0.05) is 12.1 Å². The molecule has 0 bridgehead atoms. The van der Waals surface area contributed by atoms with Gasteiger partial charge in [0.25, 0.3) is 0 Å². The van der Waals surface area contributed by atoms with E-state index in [2.05, 4.69) is 4.37 Å². The summed E-state index contributed by atoms with van der Waals surface area (Å²) >= 11 is 1.31. The van der Waals surface area contributed by atoms with Crippen LogP contribution in [0.25, 0.3) is 10.4 Å². The fraction of sp³-hybridized carbons (Fsp3) is 0. The molecular weight excluding hydrogens is 187 g/mol. The van der Waals surface area contributed by atoms with Crippen molar-refractivity contribution in [3.63, 3.8) is 0 Å². The molecule has 0 aliphatic rings. The van der Waals surface area contributed by atoms with Crippen molar-refractivity contribution in [2.45, 2.75) is 0 Å². The molecular formula is C9H7FN2S. The van der Waals surface area contributed by atoms with E-state index in [9.17, 15) is 4.39 Å². The molecule has 0 unspecified atom stereocenters. The first-order chi connectivity index (χ1) is 6.25. The number of halogens is 1. The Bertz CT molecular complexity index is 408. The van der Waals surface area contributed by atoms with Crippen molar-refractivity contribution in [3.05, 3.63) is 36.1 Å². The molecule has 0 aliphatic carbocycles. The normalized spacial score (nSPS) is 10.2. The second-order valence-electron chi connectivity index (χ2n) is 2.62. The molecule has 0 saturated heterocycles. The zero-order valence-corrected chi connectivity index (χ0v) is 7.51.